The zero-order valence-electron chi connectivity index (χ0n) is 11.4. The summed E-state index contributed by atoms with van der Waals surface area (Å²) in [5, 5.41) is 0. The molecule has 1 aromatic carbocycles. The maximum Gasteiger partial charge on any atom is 0.144 e. The lowest BCUT2D eigenvalue weighted by atomic mass is 10.2. The molecule has 0 N–H and O–H groups in total. The second-order valence-corrected chi connectivity index (χ2v) is 5.92. The number of imidazole rings is 1. The SMILES string of the molecule is CCc1nc2n(c1C)CC(C)Oc1ccc(Br)cc1-2. The van der Waals surface area contributed by atoms with Crippen molar-refractivity contribution < 1.29 is 4.74 Å². The molecule has 3 nitrogen and oxygen atoms in total. The average molecular weight is 321 g/mol. The lowest BCUT2D eigenvalue weighted by Crippen LogP contribution is -2.18. The van der Waals surface area contributed by atoms with E-state index in [-0.39, 0.29) is 6.10 Å². The predicted octanol–water partition coefficient (Wildman–Crippen LogP) is 3.96. The number of aromatic nitrogens is 2. The smallest absolute Gasteiger partial charge is 0.144 e. The molecule has 19 heavy (non-hydrogen) atoms. The number of ether oxygens (including phenoxy) is 1. The molecule has 3 rings (SSSR count). The number of aryl methyl sites for hydroxylation is 1. The molecule has 0 radical (unpaired) electrons. The summed E-state index contributed by atoms with van der Waals surface area (Å²) in [6, 6.07) is 6.12. The Labute approximate surface area is 121 Å². The van der Waals surface area contributed by atoms with Crippen molar-refractivity contribution in [3.05, 3.63) is 34.1 Å². The van der Waals surface area contributed by atoms with Gasteiger partial charge in [-0.3, -0.25) is 0 Å². The standard InChI is InChI=1S/C15H17BrN2O/c1-4-13-10(3)18-8-9(2)19-14-6-5-11(16)7-12(14)15(18)17-13/h5-7,9H,4,8H2,1-3H3. The van der Waals surface area contributed by atoms with Gasteiger partial charge in [0.15, 0.2) is 0 Å². The largest absolute Gasteiger partial charge is 0.488 e. The third-order valence-electron chi connectivity index (χ3n) is 3.60. The van der Waals surface area contributed by atoms with Crippen molar-refractivity contribution in [1.82, 2.24) is 9.55 Å². The van der Waals surface area contributed by atoms with Gasteiger partial charge in [-0.1, -0.05) is 22.9 Å². The fourth-order valence-electron chi connectivity index (χ4n) is 2.64. The van der Waals surface area contributed by atoms with Crippen molar-refractivity contribution in [2.24, 2.45) is 0 Å². The minimum atomic E-state index is 0.152. The number of hydrogen-bond donors (Lipinski definition) is 0. The van der Waals surface area contributed by atoms with Crippen LogP contribution in [0.3, 0.4) is 0 Å². The maximum absolute atomic E-state index is 6.00. The second kappa shape index (κ2) is 4.67. The van der Waals surface area contributed by atoms with E-state index in [1.54, 1.807) is 0 Å². The summed E-state index contributed by atoms with van der Waals surface area (Å²) in [6.45, 7) is 7.24. The molecule has 1 aliphatic rings. The Balaban J connectivity index is 2.27. The monoisotopic (exact) mass is 320 g/mol. The highest BCUT2D eigenvalue weighted by atomic mass is 79.9. The van der Waals surface area contributed by atoms with Crippen LogP contribution in [-0.2, 0) is 13.0 Å². The molecular formula is C15H17BrN2O. The summed E-state index contributed by atoms with van der Waals surface area (Å²) in [7, 11) is 0. The van der Waals surface area contributed by atoms with E-state index in [2.05, 4.69) is 47.3 Å². The third-order valence-corrected chi connectivity index (χ3v) is 4.10. The molecule has 1 aliphatic heterocycles. The van der Waals surface area contributed by atoms with E-state index < -0.39 is 0 Å². The molecule has 2 heterocycles. The lowest BCUT2D eigenvalue weighted by molar-refractivity contribution is 0.205. The molecule has 0 saturated heterocycles. The van der Waals surface area contributed by atoms with E-state index >= 15 is 0 Å². The highest BCUT2D eigenvalue weighted by Gasteiger charge is 2.23. The van der Waals surface area contributed by atoms with Crippen molar-refractivity contribution in [2.45, 2.75) is 39.8 Å². The summed E-state index contributed by atoms with van der Waals surface area (Å²) in [4.78, 5) is 4.81. The Morgan fingerprint density at radius 2 is 2.26 bits per heavy atom. The van der Waals surface area contributed by atoms with Gasteiger partial charge in [0.25, 0.3) is 0 Å². The zero-order chi connectivity index (χ0) is 13.6. The van der Waals surface area contributed by atoms with Gasteiger partial charge in [0, 0.05) is 10.2 Å². The van der Waals surface area contributed by atoms with Gasteiger partial charge < -0.3 is 9.30 Å². The number of fused-ring (bicyclic) bond motifs is 3. The van der Waals surface area contributed by atoms with Crippen LogP contribution in [0.15, 0.2) is 22.7 Å². The molecule has 1 atom stereocenters. The third kappa shape index (κ3) is 2.08. The molecule has 4 heteroatoms. The number of hydrogen-bond acceptors (Lipinski definition) is 2. The summed E-state index contributed by atoms with van der Waals surface area (Å²) in [5.41, 5.74) is 3.50. The molecule has 0 amide bonds. The second-order valence-electron chi connectivity index (χ2n) is 5.00. The van der Waals surface area contributed by atoms with Crippen LogP contribution in [0.4, 0.5) is 0 Å². The van der Waals surface area contributed by atoms with E-state index in [9.17, 15) is 0 Å². The minimum absolute atomic E-state index is 0.152. The molecule has 0 spiro atoms. The van der Waals surface area contributed by atoms with E-state index in [1.165, 1.54) is 11.4 Å². The van der Waals surface area contributed by atoms with Gasteiger partial charge >= 0.3 is 0 Å². The van der Waals surface area contributed by atoms with Gasteiger partial charge in [-0.15, -0.1) is 0 Å². The Kier molecular flexibility index (Phi) is 3.13. The molecule has 0 saturated carbocycles. The van der Waals surface area contributed by atoms with Crippen molar-refractivity contribution in [3.63, 3.8) is 0 Å². The average Bonchev–Trinajstić information content (AvgIpc) is 2.61. The van der Waals surface area contributed by atoms with E-state index in [4.69, 9.17) is 9.72 Å². The van der Waals surface area contributed by atoms with Crippen molar-refractivity contribution >= 4 is 15.9 Å². The Hall–Kier alpha value is -1.29. The summed E-state index contributed by atoms with van der Waals surface area (Å²) >= 11 is 3.53. The van der Waals surface area contributed by atoms with Gasteiger partial charge in [-0.2, -0.15) is 0 Å². The van der Waals surface area contributed by atoms with Crippen LogP contribution in [-0.4, -0.2) is 15.7 Å². The Bertz CT molecular complexity index is 633. The van der Waals surface area contributed by atoms with Crippen LogP contribution in [0.2, 0.25) is 0 Å². The first kappa shape index (κ1) is 12.7. The number of nitrogens with zero attached hydrogens (tertiary/aromatic N) is 2. The molecule has 2 aromatic rings. The van der Waals surface area contributed by atoms with Crippen LogP contribution in [0, 0.1) is 6.92 Å². The molecule has 100 valence electrons. The molecule has 0 fully saturated rings. The fraction of sp³-hybridized carbons (Fsp3) is 0.400. The topological polar surface area (TPSA) is 27.1 Å². The first-order valence-electron chi connectivity index (χ1n) is 6.62. The normalized spacial score (nSPS) is 17.4. The Morgan fingerprint density at radius 3 is 3.00 bits per heavy atom. The van der Waals surface area contributed by atoms with Crippen molar-refractivity contribution in [2.75, 3.05) is 0 Å². The van der Waals surface area contributed by atoms with Crippen molar-refractivity contribution in [3.8, 4) is 17.1 Å². The maximum atomic E-state index is 6.00. The van der Waals surface area contributed by atoms with Crippen molar-refractivity contribution in [1.29, 1.82) is 0 Å². The van der Waals surface area contributed by atoms with Crippen LogP contribution in [0.25, 0.3) is 11.4 Å². The Morgan fingerprint density at radius 1 is 1.47 bits per heavy atom. The lowest BCUT2D eigenvalue weighted by Gasteiger charge is -2.13. The number of benzene rings is 1. The van der Waals surface area contributed by atoms with Crippen LogP contribution in [0.1, 0.15) is 25.2 Å². The molecule has 1 aromatic heterocycles. The highest BCUT2D eigenvalue weighted by molar-refractivity contribution is 9.10. The number of rotatable bonds is 1. The van der Waals surface area contributed by atoms with E-state index in [0.29, 0.717) is 0 Å². The van der Waals surface area contributed by atoms with Crippen LogP contribution < -0.4 is 4.74 Å². The minimum Gasteiger partial charge on any atom is -0.488 e. The number of halogens is 1. The van der Waals surface area contributed by atoms with Gasteiger partial charge in [0.05, 0.1) is 17.8 Å². The molecule has 0 bridgehead atoms. The first-order valence-corrected chi connectivity index (χ1v) is 7.42. The quantitative estimate of drug-likeness (QED) is 0.795. The highest BCUT2D eigenvalue weighted by Crippen LogP contribution is 2.36. The predicted molar refractivity (Wildman–Crippen MR) is 79.6 cm³/mol. The summed E-state index contributed by atoms with van der Waals surface area (Å²) in [5.74, 6) is 1.94. The van der Waals surface area contributed by atoms with E-state index in [0.717, 1.165) is 34.6 Å². The fourth-order valence-corrected chi connectivity index (χ4v) is 3.00. The zero-order valence-corrected chi connectivity index (χ0v) is 13.0. The van der Waals surface area contributed by atoms with Gasteiger partial charge in [-0.25, -0.2) is 4.98 Å². The van der Waals surface area contributed by atoms with Gasteiger partial charge in [0.2, 0.25) is 0 Å². The van der Waals surface area contributed by atoms with Crippen LogP contribution >= 0.6 is 15.9 Å². The van der Waals surface area contributed by atoms with E-state index in [1.807, 2.05) is 12.1 Å². The van der Waals surface area contributed by atoms with Crippen LogP contribution in [0.5, 0.6) is 5.75 Å². The molecule has 1 unspecified atom stereocenters. The molecular weight excluding hydrogens is 304 g/mol. The van der Waals surface area contributed by atoms with Gasteiger partial charge in [-0.05, 0) is 38.5 Å². The summed E-state index contributed by atoms with van der Waals surface area (Å²) in [6.07, 6.45) is 1.11. The van der Waals surface area contributed by atoms with Gasteiger partial charge in [0.1, 0.15) is 17.7 Å². The summed E-state index contributed by atoms with van der Waals surface area (Å²) < 4.78 is 9.33. The first-order chi connectivity index (χ1) is 9.10. The molecule has 0 aliphatic carbocycles.